The highest BCUT2D eigenvalue weighted by Gasteiger charge is 2.47. The van der Waals surface area contributed by atoms with Gasteiger partial charge in [0.25, 0.3) is 5.91 Å². The van der Waals surface area contributed by atoms with Crippen molar-refractivity contribution in [1.29, 1.82) is 0 Å². The SMILES string of the molecule is CCNC(=O)[C@H]1O[C@@H](n2cnc3c(NC)nc(-c4ccc(C)o4)nc32)[C@H](O)[C@@H]1O. The van der Waals surface area contributed by atoms with Crippen LogP contribution in [0.5, 0.6) is 0 Å². The molecule has 1 aliphatic rings. The lowest BCUT2D eigenvalue weighted by atomic mass is 10.1. The van der Waals surface area contributed by atoms with Crippen molar-refractivity contribution in [2.75, 3.05) is 18.9 Å². The van der Waals surface area contributed by atoms with Gasteiger partial charge in [0.2, 0.25) is 0 Å². The van der Waals surface area contributed by atoms with Crippen LogP contribution in [0.25, 0.3) is 22.7 Å². The first-order valence-corrected chi connectivity index (χ1v) is 9.23. The molecule has 0 radical (unpaired) electrons. The van der Waals surface area contributed by atoms with Crippen molar-refractivity contribution in [2.45, 2.75) is 38.4 Å². The van der Waals surface area contributed by atoms with Gasteiger partial charge in [0, 0.05) is 13.6 Å². The number of ether oxygens (including phenoxy) is 1. The Kier molecular flexibility index (Phi) is 4.94. The number of anilines is 1. The second-order valence-electron chi connectivity index (χ2n) is 6.70. The van der Waals surface area contributed by atoms with E-state index in [0.717, 1.165) is 0 Å². The molecule has 3 aromatic heterocycles. The number of carbonyl (C=O) groups excluding carboxylic acids is 1. The molecule has 0 bridgehead atoms. The van der Waals surface area contributed by atoms with E-state index >= 15 is 0 Å². The number of likely N-dealkylation sites (N-methyl/N-ethyl adjacent to an activating group) is 1. The minimum atomic E-state index is -1.39. The molecule has 1 fully saturated rings. The summed E-state index contributed by atoms with van der Waals surface area (Å²) in [6.07, 6.45) is -3.55. The van der Waals surface area contributed by atoms with Gasteiger partial charge in [0.15, 0.2) is 40.9 Å². The molecule has 3 aromatic rings. The van der Waals surface area contributed by atoms with Gasteiger partial charge in [0.05, 0.1) is 6.33 Å². The second-order valence-corrected chi connectivity index (χ2v) is 6.70. The molecule has 0 saturated carbocycles. The lowest BCUT2D eigenvalue weighted by molar-refractivity contribution is -0.137. The molecule has 4 heterocycles. The predicted octanol–water partition coefficient (Wildman–Crippen LogP) is 0.192. The van der Waals surface area contributed by atoms with Crippen LogP contribution < -0.4 is 10.6 Å². The Bertz CT molecular complexity index is 1050. The zero-order valence-corrected chi connectivity index (χ0v) is 16.2. The number of aryl methyl sites for hydroxylation is 1. The number of nitrogens with zero attached hydrogens (tertiary/aromatic N) is 4. The zero-order chi connectivity index (χ0) is 20.7. The van der Waals surface area contributed by atoms with Gasteiger partial charge < -0.3 is 30.0 Å². The maximum Gasteiger partial charge on any atom is 0.252 e. The van der Waals surface area contributed by atoms with Gasteiger partial charge in [0.1, 0.15) is 18.0 Å². The molecule has 1 amide bonds. The fraction of sp³-hybridized carbons (Fsp3) is 0.444. The van der Waals surface area contributed by atoms with Crippen LogP contribution in [0, 0.1) is 6.92 Å². The first kappa shape index (κ1) is 19.3. The fourth-order valence-electron chi connectivity index (χ4n) is 3.32. The number of rotatable bonds is 5. The van der Waals surface area contributed by atoms with Crippen LogP contribution in [0.4, 0.5) is 5.82 Å². The summed E-state index contributed by atoms with van der Waals surface area (Å²) in [5, 5.41) is 26.4. The molecule has 0 aromatic carbocycles. The number of imidazole rings is 1. The van der Waals surface area contributed by atoms with Gasteiger partial charge in [-0.05, 0) is 26.0 Å². The maximum absolute atomic E-state index is 12.1. The Morgan fingerprint density at radius 3 is 2.72 bits per heavy atom. The van der Waals surface area contributed by atoms with Crippen molar-refractivity contribution in [2.24, 2.45) is 0 Å². The Morgan fingerprint density at radius 1 is 1.28 bits per heavy atom. The van der Waals surface area contributed by atoms with Gasteiger partial charge >= 0.3 is 0 Å². The third-order valence-electron chi connectivity index (χ3n) is 4.74. The van der Waals surface area contributed by atoms with Crippen LogP contribution in [0.3, 0.4) is 0 Å². The van der Waals surface area contributed by atoms with Crippen LogP contribution in [-0.2, 0) is 9.53 Å². The third-order valence-corrected chi connectivity index (χ3v) is 4.74. The van der Waals surface area contributed by atoms with Crippen molar-refractivity contribution in [3.8, 4) is 11.6 Å². The molecule has 4 rings (SSSR count). The van der Waals surface area contributed by atoms with Crippen molar-refractivity contribution < 1.29 is 24.2 Å². The van der Waals surface area contributed by atoms with Gasteiger partial charge in [-0.1, -0.05) is 0 Å². The van der Waals surface area contributed by atoms with Crippen molar-refractivity contribution in [3.63, 3.8) is 0 Å². The van der Waals surface area contributed by atoms with Crippen molar-refractivity contribution in [3.05, 3.63) is 24.2 Å². The zero-order valence-electron chi connectivity index (χ0n) is 16.2. The number of hydrogen-bond donors (Lipinski definition) is 4. The second kappa shape index (κ2) is 7.43. The summed E-state index contributed by atoms with van der Waals surface area (Å²) < 4.78 is 12.8. The number of fused-ring (bicyclic) bond motifs is 1. The molecule has 11 nitrogen and oxygen atoms in total. The average molecular weight is 402 g/mol. The number of furan rings is 1. The van der Waals surface area contributed by atoms with Crippen molar-refractivity contribution >= 4 is 22.9 Å². The molecule has 0 aliphatic carbocycles. The first-order valence-electron chi connectivity index (χ1n) is 9.23. The maximum atomic E-state index is 12.1. The van der Waals surface area contributed by atoms with Gasteiger partial charge in [-0.15, -0.1) is 0 Å². The Labute approximate surface area is 165 Å². The molecule has 1 saturated heterocycles. The number of aromatic nitrogens is 4. The smallest absolute Gasteiger partial charge is 0.252 e. The summed E-state index contributed by atoms with van der Waals surface area (Å²) in [6.45, 7) is 3.95. The first-order chi connectivity index (χ1) is 13.9. The Balaban J connectivity index is 1.77. The minimum Gasteiger partial charge on any atom is -0.458 e. The molecule has 4 atom stereocenters. The number of nitrogens with one attached hydrogen (secondary N) is 2. The summed E-state index contributed by atoms with van der Waals surface area (Å²) in [5.41, 5.74) is 0.812. The molecule has 29 heavy (non-hydrogen) atoms. The standard InChI is InChI=1S/C18H22N6O5/c1-4-20-17(27)13-11(25)12(26)18(29-13)24-7-21-10-15(19-3)22-14(23-16(10)24)9-6-5-8(2)28-9/h5-7,11-13,18,25-26H,4H2,1-3H3,(H,20,27)(H,19,22,23)/t11-,12+,13-,18+/m0/s1. The summed E-state index contributed by atoms with van der Waals surface area (Å²) in [4.78, 5) is 25.4. The quantitative estimate of drug-likeness (QED) is 0.469. The molecule has 11 heteroatoms. The Morgan fingerprint density at radius 2 is 2.07 bits per heavy atom. The van der Waals surface area contributed by atoms with E-state index in [1.165, 1.54) is 10.9 Å². The highest BCUT2D eigenvalue weighted by atomic mass is 16.6. The van der Waals surface area contributed by atoms with E-state index in [4.69, 9.17) is 9.15 Å². The predicted molar refractivity (Wildman–Crippen MR) is 102 cm³/mol. The van der Waals surface area contributed by atoms with E-state index in [1.807, 2.05) is 6.92 Å². The number of hydrogen-bond acceptors (Lipinski definition) is 9. The topological polar surface area (TPSA) is 148 Å². The van der Waals surface area contributed by atoms with E-state index in [-0.39, 0.29) is 0 Å². The highest BCUT2D eigenvalue weighted by molar-refractivity contribution is 5.85. The van der Waals surface area contributed by atoms with Gasteiger partial charge in [-0.25, -0.2) is 15.0 Å². The summed E-state index contributed by atoms with van der Waals surface area (Å²) in [5.74, 6) is 1.48. The lowest BCUT2D eigenvalue weighted by Crippen LogP contribution is -2.42. The van der Waals surface area contributed by atoms with Crippen molar-refractivity contribution in [1.82, 2.24) is 24.8 Å². The highest BCUT2D eigenvalue weighted by Crippen LogP contribution is 2.33. The van der Waals surface area contributed by atoms with Crippen LogP contribution in [0.15, 0.2) is 22.9 Å². The number of aliphatic hydroxyl groups excluding tert-OH is 2. The van der Waals surface area contributed by atoms with Gasteiger partial charge in [-0.2, -0.15) is 0 Å². The Hall–Kier alpha value is -3.02. The van der Waals surface area contributed by atoms with E-state index in [0.29, 0.717) is 40.9 Å². The normalized spacial score (nSPS) is 24.2. The summed E-state index contributed by atoms with van der Waals surface area (Å²) in [6, 6.07) is 3.56. The number of amides is 1. The number of carbonyl (C=O) groups is 1. The molecule has 0 unspecified atom stereocenters. The largest absolute Gasteiger partial charge is 0.458 e. The van der Waals surface area contributed by atoms with E-state index in [2.05, 4.69) is 25.6 Å². The van der Waals surface area contributed by atoms with Crippen LogP contribution in [0.1, 0.15) is 18.9 Å². The van der Waals surface area contributed by atoms with Crippen LogP contribution in [0.2, 0.25) is 0 Å². The monoisotopic (exact) mass is 402 g/mol. The summed E-state index contributed by atoms with van der Waals surface area (Å²) >= 11 is 0. The van der Waals surface area contributed by atoms with Crippen LogP contribution in [-0.4, -0.2) is 67.5 Å². The van der Waals surface area contributed by atoms with Crippen LogP contribution >= 0.6 is 0 Å². The molecule has 1 aliphatic heterocycles. The van der Waals surface area contributed by atoms with Gasteiger partial charge in [-0.3, -0.25) is 9.36 Å². The van der Waals surface area contributed by atoms with E-state index < -0.39 is 30.4 Å². The van der Waals surface area contributed by atoms with E-state index in [9.17, 15) is 15.0 Å². The third kappa shape index (κ3) is 3.22. The van der Waals surface area contributed by atoms with E-state index in [1.54, 1.807) is 26.1 Å². The average Bonchev–Trinajstić information content (AvgIpc) is 3.40. The summed E-state index contributed by atoms with van der Waals surface area (Å²) in [7, 11) is 1.70. The molecular weight excluding hydrogens is 380 g/mol. The molecular formula is C18H22N6O5. The lowest BCUT2D eigenvalue weighted by Gasteiger charge is -2.16. The fourth-order valence-corrected chi connectivity index (χ4v) is 3.32. The number of aliphatic hydroxyl groups is 2. The minimum absolute atomic E-state index is 0.324. The molecule has 154 valence electrons. The molecule has 0 spiro atoms. The molecule has 4 N–H and O–H groups in total.